The first-order chi connectivity index (χ1) is 11.7. The van der Waals surface area contributed by atoms with E-state index in [0.29, 0.717) is 0 Å². The molecule has 0 amide bonds. The summed E-state index contributed by atoms with van der Waals surface area (Å²) < 4.78 is 28.3. The average Bonchev–Trinajstić information content (AvgIpc) is 3.02. The van der Waals surface area contributed by atoms with Gasteiger partial charge in [-0.05, 0) is 70.1 Å². The maximum Gasteiger partial charge on any atom is 0.151 e. The second-order valence-corrected chi connectivity index (χ2v) is 6.46. The van der Waals surface area contributed by atoms with E-state index in [0.717, 1.165) is 43.9 Å². The van der Waals surface area contributed by atoms with Gasteiger partial charge in [0, 0.05) is 18.8 Å². The van der Waals surface area contributed by atoms with Crippen molar-refractivity contribution >= 4 is 12.4 Å². The van der Waals surface area contributed by atoms with Crippen molar-refractivity contribution in [3.05, 3.63) is 47.8 Å². The van der Waals surface area contributed by atoms with Crippen molar-refractivity contribution in [1.82, 2.24) is 20.0 Å². The molecule has 0 saturated carbocycles. The van der Waals surface area contributed by atoms with Crippen molar-refractivity contribution in [3.63, 3.8) is 0 Å². The van der Waals surface area contributed by atoms with E-state index in [1.54, 1.807) is 6.20 Å². The van der Waals surface area contributed by atoms with Crippen LogP contribution in [-0.2, 0) is 6.54 Å². The van der Waals surface area contributed by atoms with E-state index >= 15 is 0 Å². The van der Waals surface area contributed by atoms with Crippen LogP contribution in [0.5, 0.6) is 0 Å². The molecule has 3 rings (SSSR count). The van der Waals surface area contributed by atoms with Gasteiger partial charge in [0.05, 0.1) is 5.69 Å². The van der Waals surface area contributed by atoms with E-state index in [4.69, 9.17) is 0 Å². The van der Waals surface area contributed by atoms with Gasteiger partial charge in [0.25, 0.3) is 0 Å². The molecule has 1 aromatic carbocycles. The minimum absolute atomic E-state index is 0. The first kappa shape index (κ1) is 19.8. The van der Waals surface area contributed by atoms with Crippen molar-refractivity contribution < 1.29 is 8.78 Å². The Morgan fingerprint density at radius 1 is 1.20 bits per heavy atom. The monoisotopic (exact) mass is 370 g/mol. The fraction of sp³-hybridized carbons (Fsp3) is 0.500. The van der Waals surface area contributed by atoms with Gasteiger partial charge in [-0.25, -0.2) is 13.5 Å². The molecule has 4 nitrogen and oxygen atoms in total. The van der Waals surface area contributed by atoms with Gasteiger partial charge in [-0.1, -0.05) is 0 Å². The lowest BCUT2D eigenvalue weighted by Crippen LogP contribution is -2.34. The molecule has 1 aliphatic heterocycles. The molecule has 0 radical (unpaired) electrons. The summed E-state index contributed by atoms with van der Waals surface area (Å²) in [7, 11) is 2.00. The number of benzene rings is 1. The molecular formula is C18H25ClF2N4. The molecule has 25 heavy (non-hydrogen) atoms. The lowest BCUT2D eigenvalue weighted by molar-refractivity contribution is 0.170. The summed E-state index contributed by atoms with van der Waals surface area (Å²) in [6.07, 6.45) is 5.40. The molecule has 1 saturated heterocycles. The number of hydrogen-bond donors (Lipinski definition) is 1. The van der Waals surface area contributed by atoms with Crippen molar-refractivity contribution in [2.45, 2.75) is 25.8 Å². The number of nitrogens with zero attached hydrogens (tertiary/aromatic N) is 3. The van der Waals surface area contributed by atoms with Crippen LogP contribution in [0.25, 0.3) is 5.69 Å². The number of halogens is 3. The lowest BCUT2D eigenvalue weighted by atomic mass is 9.93. The maximum absolute atomic E-state index is 13.8. The Kier molecular flexibility index (Phi) is 7.35. The topological polar surface area (TPSA) is 33.1 Å². The summed E-state index contributed by atoms with van der Waals surface area (Å²) in [4.78, 5) is 2.39. The summed E-state index contributed by atoms with van der Waals surface area (Å²) in [6, 6.07) is 5.44. The van der Waals surface area contributed by atoms with Crippen LogP contribution < -0.4 is 5.32 Å². The standard InChI is InChI=1S/C18H24F2N4.ClH/c1-21-8-4-14-5-9-23(10-6-14)13-16-7-11-24(22-16)18-3-2-15(19)12-17(18)20;/h2-3,7,11-12,14,21H,4-6,8-10,13H2,1H3;1H. The number of rotatable bonds is 6. The summed E-state index contributed by atoms with van der Waals surface area (Å²) in [5, 5.41) is 7.65. The summed E-state index contributed by atoms with van der Waals surface area (Å²) >= 11 is 0. The molecule has 0 unspecified atom stereocenters. The zero-order valence-corrected chi connectivity index (χ0v) is 15.2. The molecule has 0 atom stereocenters. The Morgan fingerprint density at radius 2 is 1.96 bits per heavy atom. The molecule has 0 bridgehead atoms. The third kappa shape index (κ3) is 5.23. The predicted octanol–water partition coefficient (Wildman–Crippen LogP) is 3.39. The van der Waals surface area contributed by atoms with Gasteiger partial charge < -0.3 is 5.32 Å². The quantitative estimate of drug-likeness (QED) is 0.846. The molecule has 1 aromatic heterocycles. The van der Waals surface area contributed by atoms with Gasteiger partial charge in [0.1, 0.15) is 11.5 Å². The Labute approximate surface area is 153 Å². The SMILES string of the molecule is CNCCC1CCN(Cc2ccn(-c3ccc(F)cc3F)n2)CC1.Cl. The minimum atomic E-state index is -0.602. The Balaban J connectivity index is 0.00000225. The fourth-order valence-electron chi connectivity index (χ4n) is 3.26. The largest absolute Gasteiger partial charge is 0.320 e. The molecule has 2 aromatic rings. The van der Waals surface area contributed by atoms with E-state index in [1.165, 1.54) is 36.1 Å². The third-order valence-corrected chi connectivity index (χ3v) is 4.70. The van der Waals surface area contributed by atoms with Crippen molar-refractivity contribution in [2.24, 2.45) is 5.92 Å². The molecule has 2 heterocycles. The van der Waals surface area contributed by atoms with Gasteiger partial charge >= 0.3 is 0 Å². The Hall–Kier alpha value is -1.50. The van der Waals surface area contributed by atoms with Crippen molar-refractivity contribution in [2.75, 3.05) is 26.7 Å². The van der Waals surface area contributed by atoms with Gasteiger partial charge in [0.15, 0.2) is 5.82 Å². The highest BCUT2D eigenvalue weighted by atomic mass is 35.5. The van der Waals surface area contributed by atoms with Crippen LogP contribution in [0.1, 0.15) is 25.0 Å². The number of likely N-dealkylation sites (tertiary alicyclic amines) is 1. The van der Waals surface area contributed by atoms with Crippen LogP contribution in [-0.4, -0.2) is 41.4 Å². The van der Waals surface area contributed by atoms with Crippen molar-refractivity contribution in [1.29, 1.82) is 0 Å². The van der Waals surface area contributed by atoms with E-state index in [2.05, 4.69) is 15.3 Å². The first-order valence-corrected chi connectivity index (χ1v) is 8.52. The van der Waals surface area contributed by atoms with E-state index in [1.807, 2.05) is 13.1 Å². The van der Waals surface area contributed by atoms with Crippen LogP contribution in [0, 0.1) is 17.6 Å². The predicted molar refractivity (Wildman–Crippen MR) is 97.3 cm³/mol. The molecule has 1 aliphatic rings. The zero-order chi connectivity index (χ0) is 16.9. The zero-order valence-electron chi connectivity index (χ0n) is 14.4. The molecule has 7 heteroatoms. The van der Waals surface area contributed by atoms with E-state index in [-0.39, 0.29) is 18.1 Å². The minimum Gasteiger partial charge on any atom is -0.320 e. The van der Waals surface area contributed by atoms with Gasteiger partial charge in [-0.15, -0.1) is 12.4 Å². The number of nitrogens with one attached hydrogen (secondary N) is 1. The van der Waals surface area contributed by atoms with Crippen LogP contribution in [0.2, 0.25) is 0 Å². The molecule has 1 N–H and O–H groups in total. The third-order valence-electron chi connectivity index (χ3n) is 4.70. The van der Waals surface area contributed by atoms with E-state index in [9.17, 15) is 8.78 Å². The van der Waals surface area contributed by atoms with Gasteiger partial charge in [-0.2, -0.15) is 5.10 Å². The second kappa shape index (κ2) is 9.27. The maximum atomic E-state index is 13.8. The highest BCUT2D eigenvalue weighted by Crippen LogP contribution is 2.21. The number of aromatic nitrogens is 2. The Morgan fingerprint density at radius 3 is 2.64 bits per heavy atom. The fourth-order valence-corrected chi connectivity index (χ4v) is 3.26. The van der Waals surface area contributed by atoms with Gasteiger partial charge in [-0.3, -0.25) is 4.90 Å². The first-order valence-electron chi connectivity index (χ1n) is 8.52. The molecular weight excluding hydrogens is 346 g/mol. The van der Waals surface area contributed by atoms with Crippen LogP contribution >= 0.6 is 12.4 Å². The van der Waals surface area contributed by atoms with Crippen LogP contribution in [0.3, 0.4) is 0 Å². The van der Waals surface area contributed by atoms with Crippen molar-refractivity contribution in [3.8, 4) is 5.69 Å². The normalized spacial score (nSPS) is 16.0. The van der Waals surface area contributed by atoms with E-state index < -0.39 is 11.6 Å². The van der Waals surface area contributed by atoms with Crippen LogP contribution in [0.15, 0.2) is 30.5 Å². The highest BCUT2D eigenvalue weighted by molar-refractivity contribution is 5.85. The molecule has 0 aliphatic carbocycles. The summed E-state index contributed by atoms with van der Waals surface area (Å²) in [5.41, 5.74) is 1.18. The molecule has 1 fully saturated rings. The molecule has 0 spiro atoms. The summed E-state index contributed by atoms with van der Waals surface area (Å²) in [5.74, 6) is -0.376. The Bertz CT molecular complexity index is 669. The summed E-state index contributed by atoms with van der Waals surface area (Å²) in [6.45, 7) is 4.01. The van der Waals surface area contributed by atoms with Gasteiger partial charge in [0.2, 0.25) is 0 Å². The van der Waals surface area contributed by atoms with Crippen LogP contribution in [0.4, 0.5) is 8.78 Å². The smallest absolute Gasteiger partial charge is 0.151 e. The average molecular weight is 371 g/mol. The number of piperidine rings is 1. The number of hydrogen-bond acceptors (Lipinski definition) is 3. The second-order valence-electron chi connectivity index (χ2n) is 6.46. The molecule has 138 valence electrons. The highest BCUT2D eigenvalue weighted by Gasteiger charge is 2.19. The lowest BCUT2D eigenvalue weighted by Gasteiger charge is -2.31.